The Labute approximate surface area is 104 Å². The molecule has 0 heterocycles. The summed E-state index contributed by atoms with van der Waals surface area (Å²) in [5.74, 6) is -0.0432. The van der Waals surface area contributed by atoms with Crippen LogP contribution in [0, 0.1) is 0 Å². The van der Waals surface area contributed by atoms with E-state index in [1.165, 1.54) is 5.56 Å². The van der Waals surface area contributed by atoms with Crippen LogP contribution in [0.25, 0.3) is 0 Å². The van der Waals surface area contributed by atoms with Crippen LogP contribution in [0.5, 0.6) is 0 Å². The van der Waals surface area contributed by atoms with Crippen LogP contribution in [-0.4, -0.2) is 18.5 Å². The maximum atomic E-state index is 11.4. The molecule has 2 N–H and O–H groups in total. The lowest BCUT2D eigenvalue weighted by Gasteiger charge is -2.24. The van der Waals surface area contributed by atoms with Gasteiger partial charge >= 0.3 is 0 Å². The SMILES string of the molecule is CCC(C)(C)NCc1ccc(C(=O)NC)cc1. The average Bonchev–Trinajstić information content (AvgIpc) is 2.36. The smallest absolute Gasteiger partial charge is 0.251 e. The van der Waals surface area contributed by atoms with E-state index < -0.39 is 0 Å². The Hall–Kier alpha value is -1.35. The van der Waals surface area contributed by atoms with Crippen molar-refractivity contribution in [3.8, 4) is 0 Å². The van der Waals surface area contributed by atoms with E-state index in [1.807, 2.05) is 24.3 Å². The summed E-state index contributed by atoms with van der Waals surface area (Å²) in [4.78, 5) is 11.4. The standard InChI is InChI=1S/C14H22N2O/c1-5-14(2,3)16-10-11-6-8-12(9-7-11)13(17)15-4/h6-9,16H,5,10H2,1-4H3,(H,15,17). The molecule has 3 nitrogen and oxygen atoms in total. The van der Waals surface area contributed by atoms with Crippen molar-refractivity contribution < 1.29 is 4.79 Å². The van der Waals surface area contributed by atoms with Gasteiger partial charge in [-0.3, -0.25) is 4.79 Å². The quantitative estimate of drug-likeness (QED) is 0.821. The predicted molar refractivity (Wildman–Crippen MR) is 71.0 cm³/mol. The van der Waals surface area contributed by atoms with E-state index in [1.54, 1.807) is 7.05 Å². The van der Waals surface area contributed by atoms with E-state index in [4.69, 9.17) is 0 Å². The number of hydrogen-bond acceptors (Lipinski definition) is 2. The summed E-state index contributed by atoms with van der Waals surface area (Å²) in [5.41, 5.74) is 2.05. The van der Waals surface area contributed by atoms with E-state index in [9.17, 15) is 4.79 Å². The van der Waals surface area contributed by atoms with Gasteiger partial charge in [-0.15, -0.1) is 0 Å². The number of rotatable bonds is 5. The van der Waals surface area contributed by atoms with E-state index in [2.05, 4.69) is 31.4 Å². The number of benzene rings is 1. The fraction of sp³-hybridized carbons (Fsp3) is 0.500. The third kappa shape index (κ3) is 4.19. The van der Waals surface area contributed by atoms with Crippen LogP contribution in [0.15, 0.2) is 24.3 Å². The Balaban J connectivity index is 2.60. The lowest BCUT2D eigenvalue weighted by Crippen LogP contribution is -2.37. The zero-order valence-electron chi connectivity index (χ0n) is 11.1. The minimum Gasteiger partial charge on any atom is -0.355 e. The first kappa shape index (κ1) is 13.7. The Kier molecular flexibility index (Phi) is 4.70. The molecule has 0 aromatic heterocycles. The van der Waals surface area contributed by atoms with Crippen molar-refractivity contribution in [2.24, 2.45) is 0 Å². The largest absolute Gasteiger partial charge is 0.355 e. The summed E-state index contributed by atoms with van der Waals surface area (Å²) in [6.45, 7) is 7.37. The van der Waals surface area contributed by atoms with Gasteiger partial charge in [0.05, 0.1) is 0 Å². The molecule has 17 heavy (non-hydrogen) atoms. The van der Waals surface area contributed by atoms with Gasteiger partial charge in [0, 0.05) is 24.7 Å². The Morgan fingerprint density at radius 1 is 1.24 bits per heavy atom. The van der Waals surface area contributed by atoms with E-state index >= 15 is 0 Å². The monoisotopic (exact) mass is 234 g/mol. The molecule has 0 aliphatic carbocycles. The van der Waals surface area contributed by atoms with Crippen molar-refractivity contribution in [3.63, 3.8) is 0 Å². The molecule has 94 valence electrons. The van der Waals surface area contributed by atoms with Gasteiger partial charge in [-0.1, -0.05) is 19.1 Å². The van der Waals surface area contributed by atoms with Crippen molar-refractivity contribution in [2.45, 2.75) is 39.3 Å². The fourth-order valence-electron chi connectivity index (χ4n) is 1.38. The molecule has 0 saturated heterocycles. The molecule has 1 aromatic carbocycles. The van der Waals surface area contributed by atoms with Crippen LogP contribution in [-0.2, 0) is 6.54 Å². The molecule has 0 bridgehead atoms. The minimum atomic E-state index is -0.0432. The molecule has 1 aromatic rings. The number of carbonyl (C=O) groups is 1. The lowest BCUT2D eigenvalue weighted by molar-refractivity contribution is 0.0963. The number of carbonyl (C=O) groups excluding carboxylic acids is 1. The van der Waals surface area contributed by atoms with E-state index in [-0.39, 0.29) is 11.4 Å². The molecular formula is C14H22N2O. The predicted octanol–water partition coefficient (Wildman–Crippen LogP) is 2.32. The van der Waals surface area contributed by atoms with Crippen LogP contribution < -0.4 is 10.6 Å². The van der Waals surface area contributed by atoms with Gasteiger partial charge < -0.3 is 10.6 Å². The zero-order valence-corrected chi connectivity index (χ0v) is 11.1. The summed E-state index contributed by atoms with van der Waals surface area (Å²) in [5, 5.41) is 6.10. The second kappa shape index (κ2) is 5.82. The molecule has 0 atom stereocenters. The van der Waals surface area contributed by atoms with Crippen LogP contribution in [0.1, 0.15) is 43.1 Å². The van der Waals surface area contributed by atoms with Crippen molar-refractivity contribution in [1.29, 1.82) is 0 Å². The van der Waals surface area contributed by atoms with Crippen LogP contribution in [0.4, 0.5) is 0 Å². The summed E-state index contributed by atoms with van der Waals surface area (Å²) in [6.07, 6.45) is 1.09. The highest BCUT2D eigenvalue weighted by Crippen LogP contribution is 2.10. The first-order valence-electron chi connectivity index (χ1n) is 6.04. The van der Waals surface area contributed by atoms with Crippen molar-refractivity contribution in [1.82, 2.24) is 10.6 Å². The van der Waals surface area contributed by atoms with Gasteiger partial charge in [-0.05, 0) is 38.0 Å². The molecule has 0 unspecified atom stereocenters. The van der Waals surface area contributed by atoms with Crippen molar-refractivity contribution in [2.75, 3.05) is 7.05 Å². The van der Waals surface area contributed by atoms with Gasteiger partial charge in [0.1, 0.15) is 0 Å². The van der Waals surface area contributed by atoms with Crippen molar-refractivity contribution >= 4 is 5.91 Å². The van der Waals surface area contributed by atoms with Gasteiger partial charge in [0.15, 0.2) is 0 Å². The number of nitrogens with one attached hydrogen (secondary N) is 2. The molecule has 0 saturated carbocycles. The zero-order chi connectivity index (χ0) is 12.9. The molecule has 3 heteroatoms. The topological polar surface area (TPSA) is 41.1 Å². The number of hydrogen-bond donors (Lipinski definition) is 2. The highest BCUT2D eigenvalue weighted by Gasteiger charge is 2.13. The van der Waals surface area contributed by atoms with Gasteiger partial charge in [0.25, 0.3) is 5.91 Å². The summed E-state index contributed by atoms with van der Waals surface area (Å²) in [7, 11) is 1.64. The maximum absolute atomic E-state index is 11.4. The normalized spacial score (nSPS) is 11.3. The van der Waals surface area contributed by atoms with E-state index in [0.717, 1.165) is 13.0 Å². The fourth-order valence-corrected chi connectivity index (χ4v) is 1.38. The van der Waals surface area contributed by atoms with Gasteiger partial charge in [-0.25, -0.2) is 0 Å². The molecule has 0 fully saturated rings. The van der Waals surface area contributed by atoms with Gasteiger partial charge in [-0.2, -0.15) is 0 Å². The summed E-state index contributed by atoms with van der Waals surface area (Å²) < 4.78 is 0. The molecule has 1 rings (SSSR count). The highest BCUT2D eigenvalue weighted by molar-refractivity contribution is 5.93. The number of amides is 1. The Morgan fingerprint density at radius 2 is 1.82 bits per heavy atom. The second-order valence-electron chi connectivity index (χ2n) is 4.87. The minimum absolute atomic E-state index is 0.0432. The van der Waals surface area contributed by atoms with Crippen molar-refractivity contribution in [3.05, 3.63) is 35.4 Å². The van der Waals surface area contributed by atoms with Crippen LogP contribution in [0.3, 0.4) is 0 Å². The third-order valence-electron chi connectivity index (χ3n) is 3.10. The Bertz CT molecular complexity index is 368. The molecule has 0 aliphatic heterocycles. The molecule has 0 aliphatic rings. The summed E-state index contributed by atoms with van der Waals surface area (Å²) in [6, 6.07) is 7.69. The molecule has 0 radical (unpaired) electrons. The van der Waals surface area contributed by atoms with Crippen LogP contribution >= 0.6 is 0 Å². The second-order valence-corrected chi connectivity index (χ2v) is 4.87. The highest BCUT2D eigenvalue weighted by atomic mass is 16.1. The summed E-state index contributed by atoms with van der Waals surface area (Å²) >= 11 is 0. The van der Waals surface area contributed by atoms with Crippen LogP contribution in [0.2, 0.25) is 0 Å². The maximum Gasteiger partial charge on any atom is 0.251 e. The average molecular weight is 234 g/mol. The molecule has 1 amide bonds. The van der Waals surface area contributed by atoms with Gasteiger partial charge in [0.2, 0.25) is 0 Å². The molecular weight excluding hydrogens is 212 g/mol. The first-order valence-corrected chi connectivity index (χ1v) is 6.04. The van der Waals surface area contributed by atoms with E-state index in [0.29, 0.717) is 5.56 Å². The Morgan fingerprint density at radius 3 is 2.29 bits per heavy atom. The third-order valence-corrected chi connectivity index (χ3v) is 3.10. The molecule has 0 spiro atoms. The lowest BCUT2D eigenvalue weighted by atomic mass is 10.0. The first-order chi connectivity index (χ1) is 7.98.